The van der Waals surface area contributed by atoms with Gasteiger partial charge in [0, 0.05) is 7.11 Å². The lowest BCUT2D eigenvalue weighted by molar-refractivity contribution is -0.150. The van der Waals surface area contributed by atoms with Crippen LogP contribution in [0.25, 0.3) is 0 Å². The van der Waals surface area contributed by atoms with Gasteiger partial charge >= 0.3 is 10.5 Å². The molecule has 5 heteroatoms. The van der Waals surface area contributed by atoms with Crippen LogP contribution in [-0.4, -0.2) is 24.7 Å². The van der Waals surface area contributed by atoms with Gasteiger partial charge in [-0.2, -0.15) is 0 Å². The first-order valence-corrected chi connectivity index (χ1v) is 2.81. The molecule has 0 aromatic rings. The van der Waals surface area contributed by atoms with Crippen LogP contribution in [0.4, 0.5) is 0 Å². The molecule has 0 aliphatic heterocycles. The van der Waals surface area contributed by atoms with Gasteiger partial charge in [0.15, 0.2) is 0 Å². The molecule has 0 N–H and O–H groups in total. The molecule has 0 radical (unpaired) electrons. The standard InChI is InChI=1S/C4H6Cl2O3/c1-8-3(7)4(5,6)9-2/h1-2H3. The van der Waals surface area contributed by atoms with E-state index in [0.717, 1.165) is 0 Å². The summed E-state index contributed by atoms with van der Waals surface area (Å²) in [7, 11) is 2.37. The number of hydrogen-bond acceptors (Lipinski definition) is 3. The van der Waals surface area contributed by atoms with Crippen LogP contribution in [0, 0.1) is 0 Å². The van der Waals surface area contributed by atoms with E-state index in [1.165, 1.54) is 14.2 Å². The Hall–Kier alpha value is 0.01000. The maximum absolute atomic E-state index is 10.5. The summed E-state index contributed by atoms with van der Waals surface area (Å²) in [6.45, 7) is 0. The first-order chi connectivity index (χ1) is 4.04. The van der Waals surface area contributed by atoms with Gasteiger partial charge < -0.3 is 9.47 Å². The molecule has 0 rings (SSSR count). The van der Waals surface area contributed by atoms with E-state index >= 15 is 0 Å². The predicted molar refractivity (Wildman–Crippen MR) is 33.5 cm³/mol. The van der Waals surface area contributed by atoms with Crippen molar-refractivity contribution in [1.29, 1.82) is 0 Å². The number of rotatable bonds is 2. The lowest BCUT2D eigenvalue weighted by atomic mass is 10.7. The molecule has 0 unspecified atom stereocenters. The first-order valence-electron chi connectivity index (χ1n) is 2.06. The summed E-state index contributed by atoms with van der Waals surface area (Å²) >= 11 is 10.5. The molecule has 0 saturated heterocycles. The van der Waals surface area contributed by atoms with Crippen LogP contribution in [0.2, 0.25) is 0 Å². The van der Waals surface area contributed by atoms with Gasteiger partial charge in [-0.05, 0) is 0 Å². The average molecular weight is 173 g/mol. The molecule has 54 valence electrons. The smallest absolute Gasteiger partial charge is 0.370 e. The molecule has 0 aliphatic carbocycles. The highest BCUT2D eigenvalue weighted by Crippen LogP contribution is 2.22. The van der Waals surface area contributed by atoms with E-state index in [1.807, 2.05) is 0 Å². The molecule has 0 spiro atoms. The van der Waals surface area contributed by atoms with Crippen LogP contribution in [0.5, 0.6) is 0 Å². The van der Waals surface area contributed by atoms with E-state index in [1.54, 1.807) is 0 Å². The molecule has 0 fully saturated rings. The van der Waals surface area contributed by atoms with Crippen LogP contribution in [0.3, 0.4) is 0 Å². The normalized spacial score (nSPS) is 11.1. The number of ether oxygens (including phenoxy) is 2. The number of hydrogen-bond donors (Lipinski definition) is 0. The van der Waals surface area contributed by atoms with E-state index in [0.29, 0.717) is 0 Å². The monoisotopic (exact) mass is 172 g/mol. The molecule has 0 aliphatic rings. The highest BCUT2D eigenvalue weighted by molar-refractivity contribution is 6.56. The number of esters is 1. The van der Waals surface area contributed by atoms with Gasteiger partial charge in [0.1, 0.15) is 0 Å². The van der Waals surface area contributed by atoms with Crippen molar-refractivity contribution in [3.8, 4) is 0 Å². The van der Waals surface area contributed by atoms with Gasteiger partial charge in [-0.1, -0.05) is 23.2 Å². The Morgan fingerprint density at radius 2 is 1.89 bits per heavy atom. The fourth-order valence-electron chi connectivity index (χ4n) is 0.202. The largest absolute Gasteiger partial charge is 0.465 e. The topological polar surface area (TPSA) is 35.5 Å². The van der Waals surface area contributed by atoms with E-state index in [9.17, 15) is 4.79 Å². The number of alkyl halides is 2. The molecule has 0 amide bonds. The van der Waals surface area contributed by atoms with E-state index < -0.39 is 10.5 Å². The Labute approximate surface area is 62.8 Å². The van der Waals surface area contributed by atoms with Crippen molar-refractivity contribution in [1.82, 2.24) is 0 Å². The molecular formula is C4H6Cl2O3. The van der Waals surface area contributed by atoms with Gasteiger partial charge in [0.05, 0.1) is 7.11 Å². The van der Waals surface area contributed by atoms with E-state index in [2.05, 4.69) is 9.47 Å². The van der Waals surface area contributed by atoms with Crippen molar-refractivity contribution in [2.75, 3.05) is 14.2 Å². The Morgan fingerprint density at radius 3 is 2.00 bits per heavy atom. The summed E-state index contributed by atoms with van der Waals surface area (Å²) in [6.07, 6.45) is 0. The second kappa shape index (κ2) is 3.25. The summed E-state index contributed by atoms with van der Waals surface area (Å²) < 4.78 is 6.66. The zero-order valence-corrected chi connectivity index (χ0v) is 6.49. The molecule has 0 aromatic carbocycles. The summed E-state index contributed by atoms with van der Waals surface area (Å²) in [4.78, 5) is 10.5. The highest BCUT2D eigenvalue weighted by atomic mass is 35.5. The number of carbonyl (C=O) groups excluding carboxylic acids is 1. The average Bonchev–Trinajstić information content (AvgIpc) is 1.86. The molecule has 0 aromatic heterocycles. The lowest BCUT2D eigenvalue weighted by Crippen LogP contribution is -2.29. The molecule has 9 heavy (non-hydrogen) atoms. The molecular weight excluding hydrogens is 167 g/mol. The van der Waals surface area contributed by atoms with Crippen LogP contribution in [0.1, 0.15) is 0 Å². The van der Waals surface area contributed by atoms with Gasteiger partial charge in [-0.25, -0.2) is 4.79 Å². The molecule has 3 nitrogen and oxygen atoms in total. The molecule has 0 bridgehead atoms. The quantitative estimate of drug-likeness (QED) is 0.460. The van der Waals surface area contributed by atoms with Crippen molar-refractivity contribution in [2.45, 2.75) is 4.52 Å². The SMILES string of the molecule is COC(=O)C(Cl)(Cl)OC. The van der Waals surface area contributed by atoms with Crippen molar-refractivity contribution < 1.29 is 14.3 Å². The minimum Gasteiger partial charge on any atom is -0.465 e. The third-order valence-corrected chi connectivity index (χ3v) is 1.30. The van der Waals surface area contributed by atoms with E-state index in [-0.39, 0.29) is 0 Å². The fraction of sp³-hybridized carbons (Fsp3) is 0.750. The highest BCUT2D eigenvalue weighted by Gasteiger charge is 2.34. The fourth-order valence-corrected chi connectivity index (χ4v) is 0.356. The van der Waals surface area contributed by atoms with E-state index in [4.69, 9.17) is 23.2 Å². The summed E-state index contributed by atoms with van der Waals surface area (Å²) in [5, 5.41) is 0. The number of carbonyl (C=O) groups is 1. The lowest BCUT2D eigenvalue weighted by Gasteiger charge is -2.12. The zero-order valence-electron chi connectivity index (χ0n) is 4.98. The van der Waals surface area contributed by atoms with Crippen LogP contribution in [-0.2, 0) is 14.3 Å². The maximum Gasteiger partial charge on any atom is 0.370 e. The van der Waals surface area contributed by atoms with Gasteiger partial charge in [0.25, 0.3) is 0 Å². The Balaban J connectivity index is 3.97. The summed E-state index contributed by atoms with van der Waals surface area (Å²) in [5.41, 5.74) is 0. The number of halogens is 2. The number of methoxy groups -OCH3 is 2. The molecule has 0 atom stereocenters. The van der Waals surface area contributed by atoms with Crippen LogP contribution >= 0.6 is 23.2 Å². The Morgan fingerprint density at radius 1 is 1.44 bits per heavy atom. The summed E-state index contributed by atoms with van der Waals surface area (Å²) in [5.74, 6) is -0.826. The van der Waals surface area contributed by atoms with Crippen LogP contribution in [0.15, 0.2) is 0 Å². The van der Waals surface area contributed by atoms with Crippen molar-refractivity contribution >= 4 is 29.2 Å². The zero-order chi connectivity index (χ0) is 7.49. The Bertz CT molecular complexity index is 112. The van der Waals surface area contributed by atoms with Crippen molar-refractivity contribution in [3.63, 3.8) is 0 Å². The second-order valence-electron chi connectivity index (χ2n) is 1.21. The minimum atomic E-state index is -1.87. The molecule has 0 heterocycles. The van der Waals surface area contributed by atoms with Crippen LogP contribution < -0.4 is 0 Å². The minimum absolute atomic E-state index is 0.826. The third kappa shape index (κ3) is 2.39. The Kier molecular flexibility index (Phi) is 3.25. The van der Waals surface area contributed by atoms with Gasteiger partial charge in [0.2, 0.25) is 0 Å². The third-order valence-electron chi connectivity index (χ3n) is 0.679. The van der Waals surface area contributed by atoms with Gasteiger partial charge in [-0.3, -0.25) is 0 Å². The van der Waals surface area contributed by atoms with Crippen molar-refractivity contribution in [2.24, 2.45) is 0 Å². The van der Waals surface area contributed by atoms with Gasteiger partial charge in [-0.15, -0.1) is 0 Å². The second-order valence-corrected chi connectivity index (χ2v) is 2.47. The first kappa shape index (κ1) is 9.01. The maximum atomic E-state index is 10.5. The van der Waals surface area contributed by atoms with Crippen molar-refractivity contribution in [3.05, 3.63) is 0 Å². The summed E-state index contributed by atoms with van der Waals surface area (Å²) in [6, 6.07) is 0. The predicted octanol–water partition coefficient (Wildman–Crippen LogP) is 0.937. The molecule has 0 saturated carbocycles.